The monoisotopic (exact) mass is 403 g/mol. The van der Waals surface area contributed by atoms with E-state index < -0.39 is 11.7 Å². The Bertz CT molecular complexity index is 1030. The number of ether oxygens (including phenoxy) is 1. The third-order valence-corrected chi connectivity index (χ3v) is 5.02. The molecule has 5 nitrogen and oxygen atoms in total. The summed E-state index contributed by atoms with van der Waals surface area (Å²) in [5, 5.41) is 3.61. The number of hydrogen-bond acceptors (Lipinski definition) is 4. The molecule has 1 aliphatic rings. The number of aryl methyl sites for hydroxylation is 3. The topological polar surface area (TPSA) is 56.1 Å². The van der Waals surface area contributed by atoms with Gasteiger partial charge in [0.2, 0.25) is 11.7 Å². The van der Waals surface area contributed by atoms with Crippen LogP contribution < -0.4 is 15.6 Å². The predicted octanol–water partition coefficient (Wildman–Crippen LogP) is 4.71. The Balaban J connectivity index is 2.01. The highest BCUT2D eigenvalue weighted by molar-refractivity contribution is 6.31. The van der Waals surface area contributed by atoms with Crippen molar-refractivity contribution in [2.24, 2.45) is 0 Å². The van der Waals surface area contributed by atoms with Crippen LogP contribution in [0.15, 0.2) is 45.9 Å². The van der Waals surface area contributed by atoms with Crippen LogP contribution in [0.3, 0.4) is 0 Å². The fraction of sp³-hybridized carbons (Fsp3) is 0.333. The van der Waals surface area contributed by atoms with Gasteiger partial charge in [0.1, 0.15) is 6.17 Å². The van der Waals surface area contributed by atoms with Crippen LogP contribution in [0, 0.1) is 20.8 Å². The molecule has 1 heterocycles. The maximum atomic E-state index is 13.9. The summed E-state index contributed by atoms with van der Waals surface area (Å²) in [6.45, 7) is 6.40. The Hall–Kier alpha value is -2.60. The van der Waals surface area contributed by atoms with Crippen LogP contribution in [-0.2, 0) is 6.54 Å². The number of halogens is 2. The summed E-state index contributed by atoms with van der Waals surface area (Å²) in [4.78, 5) is 16.4. The molecule has 0 fully saturated rings. The number of nitrogens with zero attached hydrogens (tertiary/aromatic N) is 2. The van der Waals surface area contributed by atoms with E-state index in [-0.39, 0.29) is 12.2 Å². The van der Waals surface area contributed by atoms with Crippen LogP contribution in [-0.4, -0.2) is 22.8 Å². The van der Waals surface area contributed by atoms with Gasteiger partial charge in [0.15, 0.2) is 0 Å². The summed E-state index contributed by atoms with van der Waals surface area (Å²) in [6.07, 6.45) is 3.82. The lowest BCUT2D eigenvalue weighted by Crippen LogP contribution is -2.20. The fourth-order valence-electron chi connectivity index (χ4n) is 3.16. The summed E-state index contributed by atoms with van der Waals surface area (Å²) >= 11 is 6.01. The Morgan fingerprint density at radius 3 is 2.68 bits per heavy atom. The van der Waals surface area contributed by atoms with E-state index in [9.17, 15) is 9.18 Å². The smallest absolute Gasteiger partial charge is 0.316 e. The SMILES string of the molecule is COc1cn(CC2=CC(Cl)=CC(F)C2)c(Nc2cc(C)c(C)cc2C)nc1=O. The van der Waals surface area contributed by atoms with Crippen molar-refractivity contribution in [3.05, 3.63) is 68.1 Å². The lowest BCUT2D eigenvalue weighted by Gasteiger charge is -2.20. The number of hydrogen-bond donors (Lipinski definition) is 1. The van der Waals surface area contributed by atoms with Gasteiger partial charge in [-0.15, -0.1) is 0 Å². The largest absolute Gasteiger partial charge is 0.490 e. The van der Waals surface area contributed by atoms with Crippen LogP contribution in [0.1, 0.15) is 23.1 Å². The molecule has 0 amide bonds. The van der Waals surface area contributed by atoms with E-state index in [2.05, 4.69) is 16.4 Å². The maximum absolute atomic E-state index is 13.9. The van der Waals surface area contributed by atoms with E-state index in [4.69, 9.17) is 16.3 Å². The van der Waals surface area contributed by atoms with Crippen molar-refractivity contribution in [2.75, 3.05) is 12.4 Å². The number of alkyl halides is 1. The molecular formula is C21H23ClFN3O2. The van der Waals surface area contributed by atoms with Crippen molar-refractivity contribution < 1.29 is 9.13 Å². The molecular weight excluding hydrogens is 381 g/mol. The summed E-state index contributed by atoms with van der Waals surface area (Å²) < 4.78 is 20.7. The molecule has 28 heavy (non-hydrogen) atoms. The van der Waals surface area contributed by atoms with E-state index in [1.807, 2.05) is 26.8 Å². The highest BCUT2D eigenvalue weighted by atomic mass is 35.5. The van der Waals surface area contributed by atoms with Crippen molar-refractivity contribution in [1.82, 2.24) is 9.55 Å². The lowest BCUT2D eigenvalue weighted by atomic mass is 10.0. The van der Waals surface area contributed by atoms with Gasteiger partial charge >= 0.3 is 5.56 Å². The Morgan fingerprint density at radius 1 is 1.29 bits per heavy atom. The van der Waals surface area contributed by atoms with E-state index in [0.29, 0.717) is 17.5 Å². The third-order valence-electron chi connectivity index (χ3n) is 4.78. The Labute approximate surface area is 168 Å². The van der Waals surface area contributed by atoms with Crippen molar-refractivity contribution in [2.45, 2.75) is 39.9 Å². The zero-order valence-electron chi connectivity index (χ0n) is 16.3. The molecule has 1 aromatic carbocycles. The van der Waals surface area contributed by atoms with Gasteiger partial charge in [-0.05, 0) is 61.3 Å². The van der Waals surface area contributed by atoms with Gasteiger partial charge in [0.25, 0.3) is 0 Å². The molecule has 1 aromatic heterocycles. The molecule has 1 N–H and O–H groups in total. The highest BCUT2D eigenvalue weighted by Gasteiger charge is 2.17. The van der Waals surface area contributed by atoms with E-state index >= 15 is 0 Å². The average Bonchev–Trinajstić information content (AvgIpc) is 2.61. The normalized spacial score (nSPS) is 16.4. The number of allylic oxidation sites excluding steroid dienone is 4. The standard InChI is InChI=1S/C21H23ClFN3O2/c1-12-5-14(3)18(6-13(12)2)24-21-25-20(27)19(28-4)11-26(21)10-15-7-16(22)9-17(23)8-15/h5-7,9,11,17H,8,10H2,1-4H3,(H,24,25,27). The van der Waals surface area contributed by atoms with Gasteiger partial charge in [-0.1, -0.05) is 17.7 Å². The molecule has 0 saturated carbocycles. The van der Waals surface area contributed by atoms with E-state index in [1.165, 1.54) is 18.7 Å². The van der Waals surface area contributed by atoms with Crippen molar-refractivity contribution in [3.63, 3.8) is 0 Å². The molecule has 1 atom stereocenters. The maximum Gasteiger partial charge on any atom is 0.316 e. The molecule has 7 heteroatoms. The molecule has 2 aromatic rings. The second kappa shape index (κ2) is 8.19. The first-order chi connectivity index (χ1) is 13.3. The molecule has 0 bridgehead atoms. The third kappa shape index (κ3) is 4.44. The van der Waals surface area contributed by atoms with Crippen molar-refractivity contribution >= 4 is 23.2 Å². The van der Waals surface area contributed by atoms with E-state index in [0.717, 1.165) is 22.4 Å². The fourth-order valence-corrected chi connectivity index (χ4v) is 3.45. The minimum atomic E-state index is -1.12. The molecule has 0 spiro atoms. The number of rotatable bonds is 5. The number of anilines is 2. The van der Waals surface area contributed by atoms with Gasteiger partial charge < -0.3 is 14.6 Å². The number of benzene rings is 1. The summed E-state index contributed by atoms with van der Waals surface area (Å²) in [7, 11) is 1.42. The van der Waals surface area contributed by atoms with E-state index in [1.54, 1.807) is 16.8 Å². The zero-order valence-corrected chi connectivity index (χ0v) is 17.1. The quantitative estimate of drug-likeness (QED) is 0.785. The van der Waals surface area contributed by atoms with Gasteiger partial charge in [-0.25, -0.2) is 4.39 Å². The predicted molar refractivity (Wildman–Crippen MR) is 111 cm³/mol. The Kier molecular flexibility index (Phi) is 5.89. The summed E-state index contributed by atoms with van der Waals surface area (Å²) in [5.74, 6) is 0.483. The van der Waals surface area contributed by atoms with Gasteiger partial charge in [0, 0.05) is 23.7 Å². The Morgan fingerprint density at radius 2 is 2.00 bits per heavy atom. The van der Waals surface area contributed by atoms with Crippen molar-refractivity contribution in [3.8, 4) is 5.75 Å². The summed E-state index contributed by atoms with van der Waals surface area (Å²) in [5.41, 5.74) is 4.53. The summed E-state index contributed by atoms with van der Waals surface area (Å²) in [6, 6.07) is 4.09. The van der Waals surface area contributed by atoms with Crippen molar-refractivity contribution in [1.29, 1.82) is 0 Å². The molecule has 0 aliphatic heterocycles. The van der Waals surface area contributed by atoms with Crippen LogP contribution >= 0.6 is 11.6 Å². The minimum absolute atomic E-state index is 0.122. The molecule has 0 saturated heterocycles. The van der Waals surface area contributed by atoms with Gasteiger partial charge in [0.05, 0.1) is 13.3 Å². The molecule has 0 radical (unpaired) electrons. The van der Waals surface area contributed by atoms with Crippen LogP contribution in [0.25, 0.3) is 0 Å². The average molecular weight is 404 g/mol. The lowest BCUT2D eigenvalue weighted by molar-refractivity contribution is 0.386. The first-order valence-electron chi connectivity index (χ1n) is 8.98. The van der Waals surface area contributed by atoms with Crippen LogP contribution in [0.4, 0.5) is 16.0 Å². The second-order valence-corrected chi connectivity index (χ2v) is 7.45. The molecule has 1 unspecified atom stereocenters. The van der Waals surface area contributed by atoms with Gasteiger partial charge in [-0.2, -0.15) is 4.98 Å². The highest BCUT2D eigenvalue weighted by Crippen LogP contribution is 2.27. The van der Waals surface area contributed by atoms with Crippen LogP contribution in [0.2, 0.25) is 0 Å². The molecule has 148 valence electrons. The zero-order chi connectivity index (χ0) is 20.4. The first kappa shape index (κ1) is 20.1. The first-order valence-corrected chi connectivity index (χ1v) is 9.35. The number of methoxy groups -OCH3 is 1. The molecule has 3 rings (SSSR count). The second-order valence-electron chi connectivity index (χ2n) is 7.02. The number of nitrogens with one attached hydrogen (secondary N) is 1. The van der Waals surface area contributed by atoms with Gasteiger partial charge in [-0.3, -0.25) is 4.79 Å². The molecule has 1 aliphatic carbocycles. The van der Waals surface area contributed by atoms with Crippen LogP contribution in [0.5, 0.6) is 5.75 Å². The number of aromatic nitrogens is 2. The minimum Gasteiger partial charge on any atom is -0.490 e.